The largest absolute Gasteiger partial charge is 0.497 e. The highest BCUT2D eigenvalue weighted by Crippen LogP contribution is 2.26. The first-order valence-electron chi connectivity index (χ1n) is 11.3. The first kappa shape index (κ1) is 21.4. The number of aromatic amines is 1. The minimum atomic E-state index is 0.448. The summed E-state index contributed by atoms with van der Waals surface area (Å²) in [5.74, 6) is 0.873. The average molecular weight is 466 g/mol. The van der Waals surface area contributed by atoms with E-state index in [9.17, 15) is 0 Å². The number of hydrogen-bond acceptors (Lipinski definition) is 3. The summed E-state index contributed by atoms with van der Waals surface area (Å²) in [7, 11) is 1.70. The first-order chi connectivity index (χ1) is 15.7. The molecule has 1 saturated carbocycles. The van der Waals surface area contributed by atoms with Crippen molar-refractivity contribution >= 4 is 33.8 Å². The predicted molar refractivity (Wildman–Crippen MR) is 134 cm³/mol. The van der Waals surface area contributed by atoms with E-state index >= 15 is 0 Å². The van der Waals surface area contributed by atoms with Crippen LogP contribution in [0.25, 0.3) is 22.2 Å². The van der Waals surface area contributed by atoms with Crippen molar-refractivity contribution in [2.45, 2.75) is 51.1 Å². The molecule has 0 atom stereocenters. The van der Waals surface area contributed by atoms with Crippen LogP contribution in [0.5, 0.6) is 5.75 Å². The number of halogens is 1. The standard InChI is InChI=1S/C26H28ClN3OS/c1-31-22-10-7-18(8-11-22)25-17-32-26(29-21-5-3-2-4-6-21)30(25)14-13-19-16-28-24-12-9-20(27)15-23(19)24/h7-12,15-17,21,28H,2-6,13-14H2,1H3. The molecule has 1 aliphatic rings. The molecule has 5 rings (SSSR count). The molecular weight excluding hydrogens is 438 g/mol. The number of rotatable bonds is 6. The Morgan fingerprint density at radius 1 is 1.12 bits per heavy atom. The number of ether oxygens (including phenoxy) is 1. The fraction of sp³-hybridized carbons (Fsp3) is 0.346. The molecule has 2 aromatic carbocycles. The molecule has 0 unspecified atom stereocenters. The van der Waals surface area contributed by atoms with Crippen LogP contribution in [0, 0.1) is 0 Å². The third-order valence-electron chi connectivity index (χ3n) is 6.39. The Hall–Kier alpha value is -2.50. The molecule has 0 bridgehead atoms. The Labute approximate surface area is 197 Å². The lowest BCUT2D eigenvalue weighted by atomic mass is 9.96. The summed E-state index contributed by atoms with van der Waals surface area (Å²) in [5, 5.41) is 4.22. The number of H-pyrrole nitrogens is 1. The minimum Gasteiger partial charge on any atom is -0.497 e. The van der Waals surface area contributed by atoms with Crippen molar-refractivity contribution in [2.75, 3.05) is 7.11 Å². The fourth-order valence-electron chi connectivity index (χ4n) is 4.60. The highest BCUT2D eigenvalue weighted by Gasteiger charge is 2.15. The Morgan fingerprint density at radius 3 is 2.72 bits per heavy atom. The van der Waals surface area contributed by atoms with Crippen LogP contribution < -0.4 is 9.54 Å². The second-order valence-electron chi connectivity index (χ2n) is 8.46. The molecule has 32 heavy (non-hydrogen) atoms. The summed E-state index contributed by atoms with van der Waals surface area (Å²) in [5.41, 5.74) is 4.81. The van der Waals surface area contributed by atoms with Crippen molar-refractivity contribution < 1.29 is 4.74 Å². The fourth-order valence-corrected chi connectivity index (χ4v) is 5.78. The Bertz CT molecular complexity index is 1260. The number of aromatic nitrogens is 2. The van der Waals surface area contributed by atoms with Gasteiger partial charge in [0, 0.05) is 34.0 Å². The van der Waals surface area contributed by atoms with Gasteiger partial charge in [0.1, 0.15) is 5.75 Å². The average Bonchev–Trinajstić information content (AvgIpc) is 3.42. The SMILES string of the molecule is COc1ccc(-c2csc(=NC3CCCCC3)n2CCc2c[nH]c3ccc(Cl)cc23)cc1. The third kappa shape index (κ3) is 4.50. The van der Waals surface area contributed by atoms with Gasteiger partial charge >= 0.3 is 0 Å². The number of nitrogens with one attached hydrogen (secondary N) is 1. The number of fused-ring (bicyclic) bond motifs is 1. The molecule has 0 amide bonds. The molecule has 0 radical (unpaired) electrons. The zero-order chi connectivity index (χ0) is 21.9. The molecule has 0 aliphatic heterocycles. The maximum Gasteiger partial charge on any atom is 0.185 e. The van der Waals surface area contributed by atoms with Gasteiger partial charge in [0.25, 0.3) is 0 Å². The van der Waals surface area contributed by atoms with Crippen molar-refractivity contribution in [2.24, 2.45) is 4.99 Å². The van der Waals surface area contributed by atoms with Gasteiger partial charge in [0.05, 0.1) is 18.8 Å². The molecule has 2 heterocycles. The predicted octanol–water partition coefficient (Wildman–Crippen LogP) is 6.84. The van der Waals surface area contributed by atoms with Crippen molar-refractivity contribution in [1.82, 2.24) is 9.55 Å². The second-order valence-corrected chi connectivity index (χ2v) is 9.73. The van der Waals surface area contributed by atoms with Gasteiger partial charge in [-0.1, -0.05) is 30.9 Å². The molecule has 0 saturated heterocycles. The van der Waals surface area contributed by atoms with Gasteiger partial charge in [-0.2, -0.15) is 0 Å². The molecule has 1 aliphatic carbocycles. The van der Waals surface area contributed by atoms with E-state index in [1.807, 2.05) is 24.3 Å². The molecule has 6 heteroatoms. The summed E-state index contributed by atoms with van der Waals surface area (Å²) < 4.78 is 7.74. The van der Waals surface area contributed by atoms with E-state index in [4.69, 9.17) is 21.3 Å². The van der Waals surface area contributed by atoms with Crippen LogP contribution in [0.4, 0.5) is 0 Å². The third-order valence-corrected chi connectivity index (χ3v) is 7.50. The number of benzene rings is 2. The van der Waals surface area contributed by atoms with Crippen LogP contribution in [0.2, 0.25) is 5.02 Å². The van der Waals surface area contributed by atoms with E-state index in [0.717, 1.165) is 34.1 Å². The highest BCUT2D eigenvalue weighted by atomic mass is 35.5. The Kier molecular flexibility index (Phi) is 6.37. The maximum atomic E-state index is 6.27. The topological polar surface area (TPSA) is 42.3 Å². The smallest absolute Gasteiger partial charge is 0.185 e. The number of hydrogen-bond donors (Lipinski definition) is 1. The Balaban J connectivity index is 1.50. The van der Waals surface area contributed by atoms with Gasteiger partial charge in [-0.3, -0.25) is 4.99 Å². The molecule has 2 aromatic heterocycles. The second kappa shape index (κ2) is 9.55. The van der Waals surface area contributed by atoms with E-state index in [2.05, 4.69) is 39.3 Å². The number of nitrogens with zero attached hydrogens (tertiary/aromatic N) is 2. The molecule has 4 nitrogen and oxygen atoms in total. The number of thiazole rings is 1. The van der Waals surface area contributed by atoms with E-state index in [0.29, 0.717) is 6.04 Å². The van der Waals surface area contributed by atoms with Crippen LogP contribution in [0.3, 0.4) is 0 Å². The summed E-state index contributed by atoms with van der Waals surface area (Å²) in [6.45, 7) is 0.871. The van der Waals surface area contributed by atoms with E-state index in [1.165, 1.54) is 54.3 Å². The molecule has 0 spiro atoms. The summed E-state index contributed by atoms with van der Waals surface area (Å²) in [6.07, 6.45) is 9.36. The zero-order valence-electron chi connectivity index (χ0n) is 18.3. The van der Waals surface area contributed by atoms with Gasteiger partial charge in [0.2, 0.25) is 0 Å². The molecular formula is C26H28ClN3OS. The number of aryl methyl sites for hydroxylation is 1. The molecule has 166 valence electrons. The van der Waals surface area contributed by atoms with Gasteiger partial charge in [0.15, 0.2) is 4.80 Å². The minimum absolute atomic E-state index is 0.448. The van der Waals surface area contributed by atoms with Gasteiger partial charge < -0.3 is 14.3 Å². The quantitative estimate of drug-likeness (QED) is 0.333. The van der Waals surface area contributed by atoms with Crippen molar-refractivity contribution in [1.29, 1.82) is 0 Å². The molecule has 1 N–H and O–H groups in total. The summed E-state index contributed by atoms with van der Waals surface area (Å²) >= 11 is 8.02. The van der Waals surface area contributed by atoms with Crippen molar-refractivity contribution in [3.8, 4) is 17.0 Å². The lowest BCUT2D eigenvalue weighted by Crippen LogP contribution is -2.22. The van der Waals surface area contributed by atoms with Gasteiger partial charge in [-0.15, -0.1) is 11.3 Å². The van der Waals surface area contributed by atoms with Crippen LogP contribution in [-0.2, 0) is 13.0 Å². The highest BCUT2D eigenvalue weighted by molar-refractivity contribution is 7.07. The molecule has 1 fully saturated rings. The molecule has 4 aromatic rings. The first-order valence-corrected chi connectivity index (χ1v) is 12.6. The van der Waals surface area contributed by atoms with Crippen molar-refractivity contribution in [3.05, 3.63) is 69.4 Å². The normalized spacial score (nSPS) is 15.5. The van der Waals surface area contributed by atoms with Gasteiger partial charge in [-0.05, 0) is 72.9 Å². The summed E-state index contributed by atoms with van der Waals surface area (Å²) in [6, 6.07) is 14.8. The summed E-state index contributed by atoms with van der Waals surface area (Å²) in [4.78, 5) is 9.71. The maximum absolute atomic E-state index is 6.27. The van der Waals surface area contributed by atoms with Crippen LogP contribution >= 0.6 is 22.9 Å². The van der Waals surface area contributed by atoms with Crippen LogP contribution in [0.15, 0.2) is 59.0 Å². The zero-order valence-corrected chi connectivity index (χ0v) is 19.9. The van der Waals surface area contributed by atoms with Crippen LogP contribution in [0.1, 0.15) is 37.7 Å². The van der Waals surface area contributed by atoms with E-state index in [1.54, 1.807) is 18.4 Å². The van der Waals surface area contributed by atoms with Crippen molar-refractivity contribution in [3.63, 3.8) is 0 Å². The number of methoxy groups -OCH3 is 1. The monoisotopic (exact) mass is 465 g/mol. The lowest BCUT2D eigenvalue weighted by Gasteiger charge is -2.17. The van der Waals surface area contributed by atoms with Crippen LogP contribution in [-0.4, -0.2) is 22.7 Å². The van der Waals surface area contributed by atoms with E-state index in [-0.39, 0.29) is 0 Å². The van der Waals surface area contributed by atoms with Gasteiger partial charge in [-0.25, -0.2) is 0 Å². The van der Waals surface area contributed by atoms with E-state index < -0.39 is 0 Å². The lowest BCUT2D eigenvalue weighted by molar-refractivity contribution is 0.415. The Morgan fingerprint density at radius 2 is 1.94 bits per heavy atom.